The van der Waals surface area contributed by atoms with Gasteiger partial charge in [-0.05, 0) is 32.1 Å². The summed E-state index contributed by atoms with van der Waals surface area (Å²) in [5.74, 6) is 0.536. The van der Waals surface area contributed by atoms with E-state index in [1.165, 1.54) is 54.4 Å². The first-order valence-corrected chi connectivity index (χ1v) is 11.9. The van der Waals surface area contributed by atoms with E-state index in [2.05, 4.69) is 4.90 Å². The van der Waals surface area contributed by atoms with Gasteiger partial charge in [0.2, 0.25) is 0 Å². The maximum atomic E-state index is 12.7. The number of rotatable bonds is 2. The highest BCUT2D eigenvalue weighted by molar-refractivity contribution is 7.11. The van der Waals surface area contributed by atoms with E-state index in [1.807, 2.05) is 21.1 Å². The number of morpholine rings is 1. The van der Waals surface area contributed by atoms with Gasteiger partial charge in [-0.1, -0.05) is 6.42 Å². The van der Waals surface area contributed by atoms with Gasteiger partial charge in [-0.2, -0.15) is 0 Å². The molecule has 154 valence electrons. The average molecular weight is 405 g/mol. The largest absolute Gasteiger partial charge is 0.378 e. The molecule has 28 heavy (non-hydrogen) atoms. The first-order chi connectivity index (χ1) is 13.8. The Balaban J connectivity index is 1.16. The molecule has 0 spiro atoms. The van der Waals surface area contributed by atoms with Crippen molar-refractivity contribution in [2.24, 2.45) is 0 Å². The van der Waals surface area contributed by atoms with E-state index in [0.717, 1.165) is 51.5 Å². The van der Waals surface area contributed by atoms with Crippen LogP contribution in [0.3, 0.4) is 0 Å². The molecule has 0 unspecified atom stereocenters. The van der Waals surface area contributed by atoms with Crippen LogP contribution in [0.1, 0.15) is 53.6 Å². The minimum Gasteiger partial charge on any atom is -0.378 e. The number of amides is 2. The first kappa shape index (κ1) is 18.8. The van der Waals surface area contributed by atoms with Crippen LogP contribution < -0.4 is 0 Å². The van der Waals surface area contributed by atoms with Crippen molar-refractivity contribution in [3.05, 3.63) is 15.6 Å². The highest BCUT2D eigenvalue weighted by atomic mass is 32.1. The summed E-state index contributed by atoms with van der Waals surface area (Å²) in [6.45, 7) is 6.93. The highest BCUT2D eigenvalue weighted by Gasteiger charge is 2.31. The van der Waals surface area contributed by atoms with Crippen molar-refractivity contribution < 1.29 is 9.53 Å². The van der Waals surface area contributed by atoms with Crippen LogP contribution in [0.25, 0.3) is 0 Å². The number of hydrogen-bond acceptors (Lipinski definition) is 5. The standard InChI is InChI=1S/C21H32N4O2S/c26-21(25-12-14-27-15-13-25)24-8-4-16(5-9-24)20-22-18-6-10-23(17-2-1-3-17)11-7-19(18)28-20/h16-17H,1-15H2. The Labute approximate surface area is 171 Å². The topological polar surface area (TPSA) is 48.9 Å². The summed E-state index contributed by atoms with van der Waals surface area (Å²) < 4.78 is 5.37. The number of urea groups is 1. The molecule has 3 aliphatic heterocycles. The minimum absolute atomic E-state index is 0.202. The maximum Gasteiger partial charge on any atom is 0.320 e. The van der Waals surface area contributed by atoms with Crippen LogP contribution in [0.5, 0.6) is 0 Å². The molecule has 3 fully saturated rings. The Morgan fingerprint density at radius 2 is 1.64 bits per heavy atom. The molecule has 5 rings (SSSR count). The lowest BCUT2D eigenvalue weighted by atomic mass is 9.91. The van der Waals surface area contributed by atoms with Gasteiger partial charge in [-0.25, -0.2) is 9.78 Å². The molecule has 0 radical (unpaired) electrons. The smallest absolute Gasteiger partial charge is 0.320 e. The summed E-state index contributed by atoms with van der Waals surface area (Å²) in [5, 5.41) is 1.33. The summed E-state index contributed by atoms with van der Waals surface area (Å²) in [5.41, 5.74) is 1.37. The van der Waals surface area contributed by atoms with Crippen LogP contribution in [0, 0.1) is 0 Å². The Bertz CT molecular complexity index is 665. The predicted molar refractivity (Wildman–Crippen MR) is 110 cm³/mol. The monoisotopic (exact) mass is 404 g/mol. The normalized spacial score (nSPS) is 25.3. The third kappa shape index (κ3) is 3.81. The second-order valence-electron chi connectivity index (χ2n) is 8.69. The Morgan fingerprint density at radius 1 is 0.929 bits per heavy atom. The van der Waals surface area contributed by atoms with Gasteiger partial charge < -0.3 is 14.5 Å². The zero-order valence-corrected chi connectivity index (χ0v) is 17.6. The SMILES string of the molecule is O=C(N1CCOCC1)N1CCC(c2nc3c(s2)CCN(C2CCC2)CC3)CC1. The first-order valence-electron chi connectivity index (χ1n) is 11.1. The quantitative estimate of drug-likeness (QED) is 0.761. The van der Waals surface area contributed by atoms with Gasteiger partial charge in [0.25, 0.3) is 0 Å². The molecular weight excluding hydrogens is 372 g/mol. The molecule has 2 saturated heterocycles. The molecule has 0 atom stereocenters. The minimum atomic E-state index is 0.202. The van der Waals surface area contributed by atoms with E-state index in [1.54, 1.807) is 0 Å². The van der Waals surface area contributed by atoms with Crippen molar-refractivity contribution in [1.82, 2.24) is 19.7 Å². The number of ether oxygens (including phenoxy) is 1. The zero-order chi connectivity index (χ0) is 18.9. The molecule has 2 amide bonds. The second kappa shape index (κ2) is 8.28. The number of thiazole rings is 1. The van der Waals surface area contributed by atoms with E-state index >= 15 is 0 Å². The van der Waals surface area contributed by atoms with Crippen molar-refractivity contribution in [3.8, 4) is 0 Å². The number of carbonyl (C=O) groups is 1. The molecule has 4 heterocycles. The zero-order valence-electron chi connectivity index (χ0n) is 16.8. The van der Waals surface area contributed by atoms with Crippen LogP contribution >= 0.6 is 11.3 Å². The summed E-state index contributed by atoms with van der Waals surface area (Å²) in [6, 6.07) is 1.05. The molecule has 0 aromatic carbocycles. The summed E-state index contributed by atoms with van der Waals surface area (Å²) in [4.78, 5) is 26.0. The molecule has 1 aromatic rings. The highest BCUT2D eigenvalue weighted by Crippen LogP contribution is 2.35. The van der Waals surface area contributed by atoms with Gasteiger partial charge in [0, 0.05) is 62.5 Å². The summed E-state index contributed by atoms with van der Waals surface area (Å²) in [7, 11) is 0. The van der Waals surface area contributed by atoms with E-state index in [-0.39, 0.29) is 6.03 Å². The molecule has 7 heteroatoms. The van der Waals surface area contributed by atoms with Crippen molar-refractivity contribution >= 4 is 17.4 Å². The van der Waals surface area contributed by atoms with E-state index in [0.29, 0.717) is 19.1 Å². The fourth-order valence-corrected chi connectivity index (χ4v) is 6.23. The summed E-state index contributed by atoms with van der Waals surface area (Å²) >= 11 is 1.96. The molecule has 1 aromatic heterocycles. The van der Waals surface area contributed by atoms with Crippen LogP contribution in [-0.4, -0.2) is 84.2 Å². The van der Waals surface area contributed by atoms with Gasteiger partial charge in [-0.15, -0.1) is 11.3 Å². The number of aromatic nitrogens is 1. The number of likely N-dealkylation sites (tertiary alicyclic amines) is 1. The molecule has 6 nitrogen and oxygen atoms in total. The van der Waals surface area contributed by atoms with Gasteiger partial charge in [0.05, 0.1) is 23.9 Å². The van der Waals surface area contributed by atoms with Crippen LogP contribution in [0.4, 0.5) is 4.79 Å². The van der Waals surface area contributed by atoms with Crippen molar-refractivity contribution in [1.29, 1.82) is 0 Å². The van der Waals surface area contributed by atoms with E-state index < -0.39 is 0 Å². The van der Waals surface area contributed by atoms with Gasteiger partial charge in [0.15, 0.2) is 0 Å². The van der Waals surface area contributed by atoms with Gasteiger partial charge in [-0.3, -0.25) is 4.90 Å². The van der Waals surface area contributed by atoms with Crippen molar-refractivity contribution in [2.75, 3.05) is 52.5 Å². The molecule has 4 aliphatic rings. The third-order valence-electron chi connectivity index (χ3n) is 7.04. The fraction of sp³-hybridized carbons (Fsp3) is 0.810. The second-order valence-corrected chi connectivity index (χ2v) is 9.80. The lowest BCUT2D eigenvalue weighted by molar-refractivity contribution is 0.0411. The van der Waals surface area contributed by atoms with E-state index in [9.17, 15) is 4.79 Å². The van der Waals surface area contributed by atoms with Crippen LogP contribution in [-0.2, 0) is 17.6 Å². The maximum absolute atomic E-state index is 12.7. The Kier molecular flexibility index (Phi) is 5.57. The number of piperidine rings is 1. The van der Waals surface area contributed by atoms with Crippen LogP contribution in [0.15, 0.2) is 0 Å². The molecule has 0 bridgehead atoms. The molecule has 1 aliphatic carbocycles. The molecular formula is C21H32N4O2S. The average Bonchev–Trinajstić information content (AvgIpc) is 3.02. The third-order valence-corrected chi connectivity index (χ3v) is 8.36. The Hall–Kier alpha value is -1.18. The molecule has 0 N–H and O–H groups in total. The molecule has 1 saturated carbocycles. The van der Waals surface area contributed by atoms with Crippen molar-refractivity contribution in [3.63, 3.8) is 0 Å². The lowest BCUT2D eigenvalue weighted by Gasteiger charge is -2.37. The lowest BCUT2D eigenvalue weighted by Crippen LogP contribution is -2.50. The van der Waals surface area contributed by atoms with Gasteiger partial charge in [0.1, 0.15) is 0 Å². The fourth-order valence-electron chi connectivity index (χ4n) is 4.96. The number of nitrogens with zero attached hydrogens (tertiary/aromatic N) is 4. The Morgan fingerprint density at radius 3 is 2.36 bits per heavy atom. The number of fused-ring (bicyclic) bond motifs is 1. The van der Waals surface area contributed by atoms with Crippen LogP contribution in [0.2, 0.25) is 0 Å². The number of hydrogen-bond donors (Lipinski definition) is 0. The predicted octanol–water partition coefficient (Wildman–Crippen LogP) is 2.73. The van der Waals surface area contributed by atoms with Crippen molar-refractivity contribution in [2.45, 2.75) is 56.9 Å². The van der Waals surface area contributed by atoms with Gasteiger partial charge >= 0.3 is 6.03 Å². The summed E-state index contributed by atoms with van der Waals surface area (Å²) in [6.07, 6.45) is 8.61. The number of carbonyl (C=O) groups excluding carboxylic acids is 1. The van der Waals surface area contributed by atoms with E-state index in [4.69, 9.17) is 9.72 Å².